The van der Waals surface area contributed by atoms with Gasteiger partial charge in [-0.3, -0.25) is 4.99 Å². The van der Waals surface area contributed by atoms with E-state index in [4.69, 9.17) is 14.5 Å². The highest BCUT2D eigenvalue weighted by Crippen LogP contribution is 2.44. The van der Waals surface area contributed by atoms with Crippen molar-refractivity contribution in [3.63, 3.8) is 0 Å². The molecule has 2 aliphatic rings. The summed E-state index contributed by atoms with van der Waals surface area (Å²) in [6.07, 6.45) is 4.58. The van der Waals surface area contributed by atoms with Crippen LogP contribution < -0.4 is 10.6 Å². The number of rotatable bonds is 7. The third-order valence-electron chi connectivity index (χ3n) is 5.04. The van der Waals surface area contributed by atoms with Crippen LogP contribution in [0.2, 0.25) is 0 Å². The van der Waals surface area contributed by atoms with Gasteiger partial charge in [0.15, 0.2) is 5.96 Å². The Bertz CT molecular complexity index is 492. The normalized spacial score (nSPS) is 20.2. The maximum Gasteiger partial charge on any atom is 0.410 e. The van der Waals surface area contributed by atoms with Gasteiger partial charge in [-0.05, 0) is 52.4 Å². The van der Waals surface area contributed by atoms with E-state index in [0.717, 1.165) is 32.1 Å². The van der Waals surface area contributed by atoms with Crippen LogP contribution in [-0.4, -0.2) is 68.5 Å². The summed E-state index contributed by atoms with van der Waals surface area (Å²) in [7, 11) is 1.76. The first-order chi connectivity index (χ1) is 12.3. The van der Waals surface area contributed by atoms with E-state index in [-0.39, 0.29) is 12.1 Å². The second-order valence-electron chi connectivity index (χ2n) is 8.52. The van der Waals surface area contributed by atoms with Crippen molar-refractivity contribution in [2.75, 3.05) is 39.9 Å². The quantitative estimate of drug-likeness (QED) is 0.533. The van der Waals surface area contributed by atoms with Crippen molar-refractivity contribution in [1.82, 2.24) is 15.5 Å². The van der Waals surface area contributed by atoms with Crippen molar-refractivity contribution < 1.29 is 14.3 Å². The number of amides is 1. The molecular weight excluding hydrogens is 332 g/mol. The van der Waals surface area contributed by atoms with Crippen LogP contribution in [-0.2, 0) is 9.47 Å². The Morgan fingerprint density at radius 1 is 1.31 bits per heavy atom. The number of hydrogen-bond donors (Lipinski definition) is 2. The number of methoxy groups -OCH3 is 1. The molecule has 7 nitrogen and oxygen atoms in total. The van der Waals surface area contributed by atoms with Gasteiger partial charge in [-0.15, -0.1) is 0 Å². The van der Waals surface area contributed by atoms with Crippen LogP contribution in [0.15, 0.2) is 4.99 Å². The van der Waals surface area contributed by atoms with Crippen LogP contribution in [0.3, 0.4) is 0 Å². The minimum Gasteiger partial charge on any atom is -0.444 e. The lowest BCUT2D eigenvalue weighted by Gasteiger charge is -2.42. The van der Waals surface area contributed by atoms with Crippen LogP contribution in [0.25, 0.3) is 0 Å². The Kier molecular flexibility index (Phi) is 7.15. The summed E-state index contributed by atoms with van der Waals surface area (Å²) in [5.74, 6) is 0.838. The average molecular weight is 369 g/mol. The van der Waals surface area contributed by atoms with E-state index in [9.17, 15) is 4.79 Å². The Morgan fingerprint density at radius 3 is 2.50 bits per heavy atom. The fraction of sp³-hybridized carbons (Fsp3) is 0.895. The average Bonchev–Trinajstić information content (AvgIpc) is 2.46. The maximum absolute atomic E-state index is 12.0. The fourth-order valence-electron chi connectivity index (χ4n) is 3.29. The number of nitrogens with zero attached hydrogens (tertiary/aromatic N) is 2. The van der Waals surface area contributed by atoms with Crippen molar-refractivity contribution >= 4 is 12.1 Å². The molecule has 1 saturated carbocycles. The van der Waals surface area contributed by atoms with Crippen molar-refractivity contribution in [3.05, 3.63) is 0 Å². The largest absolute Gasteiger partial charge is 0.444 e. The first-order valence-corrected chi connectivity index (χ1v) is 9.79. The van der Waals surface area contributed by atoms with Crippen LogP contribution in [0.1, 0.15) is 53.4 Å². The van der Waals surface area contributed by atoms with Crippen LogP contribution >= 0.6 is 0 Å². The van der Waals surface area contributed by atoms with Gasteiger partial charge >= 0.3 is 6.09 Å². The molecule has 1 heterocycles. The molecule has 0 aromatic carbocycles. The number of nitrogens with one attached hydrogen (secondary N) is 2. The third kappa shape index (κ3) is 6.04. The second-order valence-corrected chi connectivity index (χ2v) is 8.52. The predicted octanol–water partition coefficient (Wildman–Crippen LogP) is 2.37. The molecule has 7 heteroatoms. The molecule has 0 spiro atoms. The molecule has 1 aliphatic heterocycles. The number of carbonyl (C=O) groups is 1. The monoisotopic (exact) mass is 368 g/mol. The maximum atomic E-state index is 12.0. The van der Waals surface area contributed by atoms with Gasteiger partial charge in [-0.25, -0.2) is 4.79 Å². The molecule has 2 fully saturated rings. The smallest absolute Gasteiger partial charge is 0.410 e. The molecule has 150 valence electrons. The molecule has 1 aliphatic carbocycles. The van der Waals surface area contributed by atoms with Crippen LogP contribution in [0.5, 0.6) is 0 Å². The number of guanidine groups is 1. The molecule has 0 aromatic rings. The minimum atomic E-state index is -0.453. The van der Waals surface area contributed by atoms with Crippen molar-refractivity contribution in [3.8, 4) is 0 Å². The Labute approximate surface area is 157 Å². The first-order valence-electron chi connectivity index (χ1n) is 9.79. The summed E-state index contributed by atoms with van der Waals surface area (Å²) in [5.41, 5.74) is -0.147. The van der Waals surface area contributed by atoms with Gasteiger partial charge in [0.25, 0.3) is 0 Å². The van der Waals surface area contributed by atoms with Gasteiger partial charge in [-0.2, -0.15) is 0 Å². The van der Waals surface area contributed by atoms with E-state index in [2.05, 4.69) is 17.6 Å². The highest BCUT2D eigenvalue weighted by Gasteiger charge is 2.37. The number of hydrogen-bond acceptors (Lipinski definition) is 4. The molecule has 26 heavy (non-hydrogen) atoms. The van der Waals surface area contributed by atoms with Gasteiger partial charge in [0, 0.05) is 39.9 Å². The Balaban J connectivity index is 1.81. The highest BCUT2D eigenvalue weighted by atomic mass is 16.6. The molecule has 0 bridgehead atoms. The second kappa shape index (κ2) is 8.93. The summed E-state index contributed by atoms with van der Waals surface area (Å²) in [5, 5.41) is 6.75. The minimum absolute atomic E-state index is 0.219. The van der Waals surface area contributed by atoms with Gasteiger partial charge in [0.1, 0.15) is 5.60 Å². The van der Waals surface area contributed by atoms with E-state index >= 15 is 0 Å². The van der Waals surface area contributed by atoms with Crippen LogP contribution in [0.4, 0.5) is 4.79 Å². The van der Waals surface area contributed by atoms with Gasteiger partial charge in [-0.1, -0.05) is 6.42 Å². The molecule has 1 saturated heterocycles. The standard InChI is InChI=1S/C19H36N4O3/c1-6-20-16(21-14-19(8-7-9-19)10-11-25-5)22-15-12-23(13-15)17(24)26-18(2,3)4/h15H,6-14H2,1-5H3,(H2,20,21,22). The fourth-order valence-corrected chi connectivity index (χ4v) is 3.29. The molecule has 0 atom stereocenters. The predicted molar refractivity (Wildman–Crippen MR) is 103 cm³/mol. The Hall–Kier alpha value is -1.50. The molecular formula is C19H36N4O3. The van der Waals surface area contributed by atoms with E-state index in [1.807, 2.05) is 20.8 Å². The summed E-state index contributed by atoms with van der Waals surface area (Å²) in [6, 6.07) is 0.219. The molecule has 0 radical (unpaired) electrons. The summed E-state index contributed by atoms with van der Waals surface area (Å²) < 4.78 is 10.7. The summed E-state index contributed by atoms with van der Waals surface area (Å²) >= 11 is 0. The number of likely N-dealkylation sites (tertiary alicyclic amines) is 1. The zero-order valence-corrected chi connectivity index (χ0v) is 17.1. The van der Waals surface area contributed by atoms with Crippen molar-refractivity contribution in [1.29, 1.82) is 0 Å². The highest BCUT2D eigenvalue weighted by molar-refractivity contribution is 5.80. The van der Waals surface area contributed by atoms with Crippen molar-refractivity contribution in [2.45, 2.75) is 65.0 Å². The lowest BCUT2D eigenvalue weighted by Crippen LogP contribution is -2.63. The number of ether oxygens (including phenoxy) is 2. The van der Waals surface area contributed by atoms with Gasteiger partial charge in [0.2, 0.25) is 0 Å². The molecule has 2 N–H and O–H groups in total. The van der Waals surface area contributed by atoms with E-state index in [1.165, 1.54) is 19.3 Å². The van der Waals surface area contributed by atoms with Crippen LogP contribution in [0, 0.1) is 5.41 Å². The SMILES string of the molecule is CCNC(=NCC1(CCOC)CCC1)NC1CN(C(=O)OC(C)(C)C)C1. The van der Waals surface area contributed by atoms with Gasteiger partial charge < -0.3 is 25.0 Å². The number of carbonyl (C=O) groups excluding carboxylic acids is 1. The zero-order chi connectivity index (χ0) is 19.2. The van der Waals surface area contributed by atoms with E-state index in [1.54, 1.807) is 12.0 Å². The topological polar surface area (TPSA) is 75.2 Å². The molecule has 0 aromatic heterocycles. The molecule has 0 unspecified atom stereocenters. The lowest BCUT2D eigenvalue weighted by molar-refractivity contribution is 0.00699. The first kappa shape index (κ1) is 20.8. The summed E-state index contributed by atoms with van der Waals surface area (Å²) in [4.78, 5) is 18.6. The third-order valence-corrected chi connectivity index (χ3v) is 5.04. The molecule has 2 rings (SSSR count). The lowest BCUT2D eigenvalue weighted by atomic mass is 9.67. The van der Waals surface area contributed by atoms with E-state index < -0.39 is 5.60 Å². The zero-order valence-electron chi connectivity index (χ0n) is 17.1. The Morgan fingerprint density at radius 2 is 2.00 bits per heavy atom. The van der Waals surface area contributed by atoms with Crippen molar-refractivity contribution in [2.24, 2.45) is 10.4 Å². The number of aliphatic imine (C=N–C) groups is 1. The van der Waals surface area contributed by atoms with E-state index in [0.29, 0.717) is 18.5 Å². The molecule has 1 amide bonds. The summed E-state index contributed by atoms with van der Waals surface area (Å²) in [6.45, 7) is 11.5. The van der Waals surface area contributed by atoms with Gasteiger partial charge in [0.05, 0.1) is 6.04 Å².